The lowest BCUT2D eigenvalue weighted by Gasteiger charge is -2.33. The summed E-state index contributed by atoms with van der Waals surface area (Å²) in [6.45, 7) is 7.65. The lowest BCUT2D eigenvalue weighted by Crippen LogP contribution is -2.87. The van der Waals surface area contributed by atoms with Crippen LogP contribution in [-0.2, 0) is 9.53 Å². The number of nitrogens with two attached hydrogens (primary N) is 1. The lowest BCUT2D eigenvalue weighted by atomic mass is 10.0. The number of hydrogen-bond donors (Lipinski definition) is 1. The van der Waals surface area contributed by atoms with Gasteiger partial charge in [0.15, 0.2) is 0 Å². The first-order valence-corrected chi connectivity index (χ1v) is 8.43. The van der Waals surface area contributed by atoms with Gasteiger partial charge in [0.05, 0.1) is 26.3 Å². The molecule has 2 aliphatic heterocycles. The second-order valence-electron chi connectivity index (χ2n) is 5.79. The van der Waals surface area contributed by atoms with Gasteiger partial charge in [-0.05, 0) is 57.0 Å². The fourth-order valence-corrected chi connectivity index (χ4v) is 2.43. The minimum atomic E-state index is 0.750. The molecule has 2 aliphatic rings. The zero-order chi connectivity index (χ0) is 17.0. The number of allylic oxidation sites excluding steroid dienone is 1. The molecule has 0 saturated carbocycles. The number of aromatic nitrogens is 1. The number of quaternary nitrogens is 1. The van der Waals surface area contributed by atoms with E-state index in [0.717, 1.165) is 63.6 Å². The Hall–Kier alpha value is -2.16. The molecule has 2 N–H and O–H groups in total. The molecule has 0 aromatic carbocycles. The average molecular weight is 327 g/mol. The van der Waals surface area contributed by atoms with Crippen LogP contribution in [0.5, 0.6) is 0 Å². The van der Waals surface area contributed by atoms with Crippen molar-refractivity contribution < 1.29 is 14.8 Å². The standard InChI is InChI=1S/C15H15N2O.C4H9NO/c1-13-4-2-6-15(16-13)7-3-5-14-8-10-17(12-18)11-9-14;1-3-6-4-2-5-1/h2,4-6H,8-11H2,1H3;5H,1-4H2/q-1;/p+1. The molecular weight excluding hydrogens is 302 g/mol. The molecule has 0 bridgehead atoms. The van der Waals surface area contributed by atoms with Crippen molar-refractivity contribution in [3.05, 3.63) is 41.2 Å². The van der Waals surface area contributed by atoms with Crippen LogP contribution in [0.15, 0.2) is 29.8 Å². The summed E-state index contributed by atoms with van der Waals surface area (Å²) in [5, 5.41) is 2.27. The van der Waals surface area contributed by atoms with E-state index in [4.69, 9.17) is 4.74 Å². The zero-order valence-electron chi connectivity index (χ0n) is 14.3. The maximum absolute atomic E-state index is 10.4. The number of nitrogens with zero attached hydrogens (tertiary/aromatic N) is 2. The Balaban J connectivity index is 0.000000292. The number of hydrogen-bond acceptors (Lipinski definition) is 3. The molecule has 3 rings (SSSR count). The van der Waals surface area contributed by atoms with Crippen LogP contribution in [0.1, 0.15) is 24.2 Å². The van der Waals surface area contributed by atoms with Crippen molar-refractivity contribution in [1.82, 2.24) is 9.88 Å². The lowest BCUT2D eigenvalue weighted by molar-refractivity contribution is -0.670. The second kappa shape index (κ2) is 10.6. The minimum Gasteiger partial charge on any atom is -0.520 e. The van der Waals surface area contributed by atoms with Crippen LogP contribution >= 0.6 is 0 Å². The molecule has 5 heteroatoms. The van der Waals surface area contributed by atoms with E-state index in [1.165, 1.54) is 5.57 Å². The van der Waals surface area contributed by atoms with Gasteiger partial charge in [-0.3, -0.25) is 0 Å². The number of likely N-dealkylation sites (tertiary alicyclic amines) is 1. The highest BCUT2D eigenvalue weighted by Crippen LogP contribution is 2.14. The van der Waals surface area contributed by atoms with Gasteiger partial charge in [-0.1, -0.05) is 17.6 Å². The van der Waals surface area contributed by atoms with Gasteiger partial charge in [0.2, 0.25) is 0 Å². The largest absolute Gasteiger partial charge is 0.520 e. The van der Waals surface area contributed by atoms with Crippen LogP contribution in [0.25, 0.3) is 0 Å². The van der Waals surface area contributed by atoms with Gasteiger partial charge in [-0.15, -0.1) is 0 Å². The fourth-order valence-electron chi connectivity index (χ4n) is 2.43. The molecule has 1 aromatic rings. The maximum Gasteiger partial charge on any atom is 0.113 e. The van der Waals surface area contributed by atoms with Crippen molar-refractivity contribution in [2.24, 2.45) is 0 Å². The zero-order valence-corrected chi connectivity index (χ0v) is 14.3. The summed E-state index contributed by atoms with van der Waals surface area (Å²) >= 11 is 0. The SMILES string of the molecule is C1COCC[NH2+]1.Cc1cccc(C#CC=C2CCN([C-]=O)CC2)n1. The van der Waals surface area contributed by atoms with Crippen LogP contribution in [0.3, 0.4) is 0 Å². The molecule has 0 radical (unpaired) electrons. The molecule has 5 nitrogen and oxygen atoms in total. The summed E-state index contributed by atoms with van der Waals surface area (Å²) < 4.78 is 5.04. The summed E-state index contributed by atoms with van der Waals surface area (Å²) in [5.41, 5.74) is 3.07. The van der Waals surface area contributed by atoms with Crippen LogP contribution < -0.4 is 5.32 Å². The van der Waals surface area contributed by atoms with E-state index in [2.05, 4.69) is 22.1 Å². The maximum atomic E-state index is 10.4. The molecule has 2 saturated heterocycles. The molecule has 0 aliphatic carbocycles. The second-order valence-corrected chi connectivity index (χ2v) is 5.79. The Bertz CT molecular complexity index is 591. The molecule has 2 fully saturated rings. The highest BCUT2D eigenvalue weighted by Gasteiger charge is 2.05. The first-order valence-electron chi connectivity index (χ1n) is 8.43. The highest BCUT2D eigenvalue weighted by atomic mass is 16.5. The number of piperidine rings is 1. The molecule has 24 heavy (non-hydrogen) atoms. The third-order valence-electron chi connectivity index (χ3n) is 3.83. The van der Waals surface area contributed by atoms with Crippen molar-refractivity contribution in [1.29, 1.82) is 0 Å². The number of ether oxygens (including phenoxy) is 1. The molecule has 1 aromatic heterocycles. The van der Waals surface area contributed by atoms with E-state index in [0.29, 0.717) is 0 Å². The first-order chi connectivity index (χ1) is 11.8. The summed E-state index contributed by atoms with van der Waals surface area (Å²) in [5.74, 6) is 6.07. The normalized spacial score (nSPS) is 17.0. The van der Waals surface area contributed by atoms with Crippen molar-refractivity contribution in [2.75, 3.05) is 39.4 Å². The smallest absolute Gasteiger partial charge is 0.113 e. The number of carbonyl (C=O) groups excluding carboxylic acids is 1. The minimum absolute atomic E-state index is 0.750. The van der Waals surface area contributed by atoms with Crippen LogP contribution in [0.2, 0.25) is 0 Å². The molecule has 0 unspecified atom stereocenters. The molecule has 0 atom stereocenters. The fraction of sp³-hybridized carbons (Fsp3) is 0.474. The first kappa shape index (κ1) is 18.2. The summed E-state index contributed by atoms with van der Waals surface area (Å²) in [6.07, 6.45) is 5.66. The number of rotatable bonds is 1. The van der Waals surface area contributed by atoms with E-state index in [1.807, 2.05) is 37.6 Å². The van der Waals surface area contributed by atoms with Gasteiger partial charge in [-0.2, -0.15) is 6.41 Å². The topological polar surface area (TPSA) is 59.0 Å². The summed E-state index contributed by atoms with van der Waals surface area (Å²) in [4.78, 5) is 16.4. The van der Waals surface area contributed by atoms with E-state index >= 15 is 0 Å². The van der Waals surface area contributed by atoms with Gasteiger partial charge >= 0.3 is 0 Å². The van der Waals surface area contributed by atoms with Crippen molar-refractivity contribution in [2.45, 2.75) is 19.8 Å². The molecular formula is C19H25N3O2. The predicted molar refractivity (Wildman–Crippen MR) is 92.9 cm³/mol. The van der Waals surface area contributed by atoms with Gasteiger partial charge in [0, 0.05) is 5.69 Å². The van der Waals surface area contributed by atoms with Crippen LogP contribution in [-0.4, -0.2) is 55.7 Å². The van der Waals surface area contributed by atoms with Gasteiger partial charge in [-0.25, -0.2) is 4.98 Å². The van der Waals surface area contributed by atoms with Crippen LogP contribution in [0.4, 0.5) is 0 Å². The highest BCUT2D eigenvalue weighted by molar-refractivity contribution is 5.48. The molecule has 3 heterocycles. The average Bonchev–Trinajstić information content (AvgIpc) is 2.64. The van der Waals surface area contributed by atoms with Gasteiger partial charge in [0.25, 0.3) is 0 Å². The number of morpholine rings is 1. The van der Waals surface area contributed by atoms with Crippen molar-refractivity contribution in [3.8, 4) is 11.8 Å². The number of aryl methyl sites for hydroxylation is 1. The van der Waals surface area contributed by atoms with E-state index in [-0.39, 0.29) is 0 Å². The Labute approximate surface area is 144 Å². The van der Waals surface area contributed by atoms with E-state index in [9.17, 15) is 4.79 Å². The quantitative estimate of drug-likeness (QED) is 0.600. The summed E-state index contributed by atoms with van der Waals surface area (Å²) in [7, 11) is 0. The van der Waals surface area contributed by atoms with E-state index < -0.39 is 0 Å². The van der Waals surface area contributed by atoms with Crippen LogP contribution in [0, 0.1) is 18.8 Å². The summed E-state index contributed by atoms with van der Waals surface area (Å²) in [6, 6.07) is 5.82. The van der Waals surface area contributed by atoms with Crippen molar-refractivity contribution >= 4 is 6.41 Å². The molecule has 128 valence electrons. The Morgan fingerprint density at radius 2 is 2.04 bits per heavy atom. The van der Waals surface area contributed by atoms with Crippen molar-refractivity contribution in [3.63, 3.8) is 0 Å². The van der Waals surface area contributed by atoms with Gasteiger partial charge < -0.3 is 19.7 Å². The Kier molecular flexibility index (Phi) is 8.02. The molecule has 0 spiro atoms. The third kappa shape index (κ3) is 6.95. The number of pyridine rings is 1. The monoisotopic (exact) mass is 327 g/mol. The predicted octanol–water partition coefficient (Wildman–Crippen LogP) is 0.411. The number of amides is 1. The Morgan fingerprint density at radius 3 is 2.58 bits per heavy atom. The van der Waals surface area contributed by atoms with E-state index in [1.54, 1.807) is 4.90 Å². The van der Waals surface area contributed by atoms with Gasteiger partial charge in [0.1, 0.15) is 5.69 Å². The molecule has 1 amide bonds. The Morgan fingerprint density at radius 1 is 1.29 bits per heavy atom. The third-order valence-corrected chi connectivity index (χ3v) is 3.83.